The maximum Gasteiger partial charge on any atom is 0.119 e. The van der Waals surface area contributed by atoms with Crippen molar-refractivity contribution in [3.05, 3.63) is 29.8 Å². The summed E-state index contributed by atoms with van der Waals surface area (Å²) in [5.74, 6) is 0.929. The maximum atomic E-state index is 5.73. The molecule has 2 nitrogen and oxygen atoms in total. The summed E-state index contributed by atoms with van der Waals surface area (Å²) in [6, 6.07) is 8.32. The zero-order valence-electron chi connectivity index (χ0n) is 9.16. The molecule has 0 amide bonds. The van der Waals surface area contributed by atoms with Crippen molar-refractivity contribution in [1.29, 1.82) is 0 Å². The average Bonchev–Trinajstić information content (AvgIpc) is 2.01. The first-order valence-electron chi connectivity index (χ1n) is 5.09. The van der Waals surface area contributed by atoms with Crippen molar-refractivity contribution in [2.75, 3.05) is 0 Å². The molecule has 0 bridgehead atoms. The van der Waals surface area contributed by atoms with Gasteiger partial charge < -0.3 is 10.5 Å². The molecule has 0 heterocycles. The molecular formula is C12H19NO. The van der Waals surface area contributed by atoms with Crippen LogP contribution >= 0.6 is 0 Å². The number of nitrogens with two attached hydrogens (primary N) is 1. The van der Waals surface area contributed by atoms with Crippen molar-refractivity contribution >= 4 is 0 Å². The van der Waals surface area contributed by atoms with Gasteiger partial charge in [-0.15, -0.1) is 0 Å². The number of benzene rings is 1. The highest BCUT2D eigenvalue weighted by Crippen LogP contribution is 2.15. The van der Waals surface area contributed by atoms with E-state index in [-0.39, 0.29) is 12.1 Å². The van der Waals surface area contributed by atoms with Gasteiger partial charge in [-0.25, -0.2) is 0 Å². The molecule has 1 rings (SSSR count). The lowest BCUT2D eigenvalue weighted by atomic mass is 10.1. The molecule has 0 aliphatic carbocycles. The molecule has 0 aliphatic rings. The van der Waals surface area contributed by atoms with Crippen molar-refractivity contribution < 1.29 is 4.74 Å². The van der Waals surface area contributed by atoms with Gasteiger partial charge in [0.25, 0.3) is 0 Å². The molecule has 0 aromatic heterocycles. The maximum absolute atomic E-state index is 5.73. The van der Waals surface area contributed by atoms with E-state index in [0.717, 1.165) is 12.2 Å². The van der Waals surface area contributed by atoms with E-state index in [1.54, 1.807) is 0 Å². The summed E-state index contributed by atoms with van der Waals surface area (Å²) >= 11 is 0. The van der Waals surface area contributed by atoms with Gasteiger partial charge in [0.15, 0.2) is 0 Å². The van der Waals surface area contributed by atoms with E-state index in [2.05, 4.69) is 12.1 Å². The quantitative estimate of drug-likeness (QED) is 0.796. The monoisotopic (exact) mass is 193 g/mol. The molecule has 0 aliphatic heterocycles. The lowest BCUT2D eigenvalue weighted by Gasteiger charge is -2.11. The SMILES string of the molecule is CC(N)Cc1cccc(OC(C)C)c1. The Labute approximate surface area is 86.1 Å². The van der Waals surface area contributed by atoms with E-state index in [0.29, 0.717) is 0 Å². The third kappa shape index (κ3) is 3.79. The van der Waals surface area contributed by atoms with Crippen LogP contribution in [0.25, 0.3) is 0 Å². The lowest BCUT2D eigenvalue weighted by Crippen LogP contribution is -2.17. The van der Waals surface area contributed by atoms with E-state index < -0.39 is 0 Å². The van der Waals surface area contributed by atoms with E-state index in [1.807, 2.05) is 32.9 Å². The first-order chi connectivity index (χ1) is 6.58. The summed E-state index contributed by atoms with van der Waals surface area (Å²) in [4.78, 5) is 0. The summed E-state index contributed by atoms with van der Waals surface area (Å²) in [5.41, 5.74) is 6.97. The van der Waals surface area contributed by atoms with E-state index in [1.165, 1.54) is 5.56 Å². The van der Waals surface area contributed by atoms with E-state index in [9.17, 15) is 0 Å². The third-order valence-electron chi connectivity index (χ3n) is 1.83. The van der Waals surface area contributed by atoms with Gasteiger partial charge in [0.1, 0.15) is 5.75 Å². The Bertz CT molecular complexity index is 256. The van der Waals surface area contributed by atoms with Gasteiger partial charge in [0, 0.05) is 6.04 Å². The highest BCUT2D eigenvalue weighted by molar-refractivity contribution is 5.29. The molecule has 2 N–H and O–H groups in total. The zero-order chi connectivity index (χ0) is 10.6. The fraction of sp³-hybridized carbons (Fsp3) is 0.500. The summed E-state index contributed by atoms with van der Waals surface area (Å²) in [6.45, 7) is 6.06. The van der Waals surface area contributed by atoms with Crippen LogP contribution in [0.1, 0.15) is 26.3 Å². The van der Waals surface area contributed by atoms with Gasteiger partial charge in [-0.1, -0.05) is 12.1 Å². The van der Waals surface area contributed by atoms with Crippen LogP contribution in [0.5, 0.6) is 5.75 Å². The Morgan fingerprint density at radius 1 is 1.29 bits per heavy atom. The molecule has 78 valence electrons. The molecule has 0 fully saturated rings. The van der Waals surface area contributed by atoms with Gasteiger partial charge in [-0.2, -0.15) is 0 Å². The van der Waals surface area contributed by atoms with Gasteiger partial charge in [0.05, 0.1) is 6.10 Å². The lowest BCUT2D eigenvalue weighted by molar-refractivity contribution is 0.242. The van der Waals surface area contributed by atoms with E-state index in [4.69, 9.17) is 10.5 Å². The average molecular weight is 193 g/mol. The fourth-order valence-electron chi connectivity index (χ4n) is 1.39. The predicted octanol–water partition coefficient (Wildman–Crippen LogP) is 2.36. The molecule has 1 atom stereocenters. The summed E-state index contributed by atoms with van der Waals surface area (Å²) in [7, 11) is 0. The first kappa shape index (κ1) is 11.1. The summed E-state index contributed by atoms with van der Waals surface area (Å²) in [6.07, 6.45) is 1.12. The minimum absolute atomic E-state index is 0.198. The molecule has 1 unspecified atom stereocenters. The largest absolute Gasteiger partial charge is 0.491 e. The highest BCUT2D eigenvalue weighted by Gasteiger charge is 2.01. The van der Waals surface area contributed by atoms with Crippen LogP contribution in [-0.4, -0.2) is 12.1 Å². The minimum Gasteiger partial charge on any atom is -0.491 e. The standard InChI is InChI=1S/C12H19NO/c1-9(2)14-12-6-4-5-11(8-12)7-10(3)13/h4-6,8-10H,7,13H2,1-3H3. The normalized spacial score (nSPS) is 12.9. The van der Waals surface area contributed by atoms with Gasteiger partial charge >= 0.3 is 0 Å². The second-order valence-electron chi connectivity index (χ2n) is 4.00. The second kappa shape index (κ2) is 5.01. The van der Waals surface area contributed by atoms with Crippen molar-refractivity contribution in [3.8, 4) is 5.75 Å². The van der Waals surface area contributed by atoms with Crippen molar-refractivity contribution in [3.63, 3.8) is 0 Å². The Kier molecular flexibility index (Phi) is 3.96. The second-order valence-corrected chi connectivity index (χ2v) is 4.00. The van der Waals surface area contributed by atoms with Crippen LogP contribution in [-0.2, 0) is 6.42 Å². The van der Waals surface area contributed by atoms with Crippen LogP contribution in [0.2, 0.25) is 0 Å². The Morgan fingerprint density at radius 2 is 2.00 bits per heavy atom. The molecule has 0 saturated carbocycles. The molecule has 14 heavy (non-hydrogen) atoms. The molecular weight excluding hydrogens is 174 g/mol. The molecule has 1 aromatic carbocycles. The van der Waals surface area contributed by atoms with Crippen LogP contribution in [0.3, 0.4) is 0 Å². The Balaban J connectivity index is 2.68. The Hall–Kier alpha value is -1.02. The predicted molar refractivity (Wildman–Crippen MR) is 59.6 cm³/mol. The number of rotatable bonds is 4. The number of hydrogen-bond donors (Lipinski definition) is 1. The van der Waals surface area contributed by atoms with Crippen molar-refractivity contribution in [2.24, 2.45) is 5.73 Å². The molecule has 0 spiro atoms. The van der Waals surface area contributed by atoms with Crippen LogP contribution in [0.15, 0.2) is 24.3 Å². The van der Waals surface area contributed by atoms with Gasteiger partial charge in [0.2, 0.25) is 0 Å². The summed E-state index contributed by atoms with van der Waals surface area (Å²) < 4.78 is 5.60. The van der Waals surface area contributed by atoms with Crippen LogP contribution in [0.4, 0.5) is 0 Å². The molecule has 1 aromatic rings. The van der Waals surface area contributed by atoms with E-state index >= 15 is 0 Å². The molecule has 0 saturated heterocycles. The molecule has 0 radical (unpaired) electrons. The minimum atomic E-state index is 0.198. The first-order valence-corrected chi connectivity index (χ1v) is 5.09. The van der Waals surface area contributed by atoms with Crippen LogP contribution < -0.4 is 10.5 Å². The smallest absolute Gasteiger partial charge is 0.119 e. The van der Waals surface area contributed by atoms with Crippen molar-refractivity contribution in [1.82, 2.24) is 0 Å². The fourth-order valence-corrected chi connectivity index (χ4v) is 1.39. The molecule has 2 heteroatoms. The highest BCUT2D eigenvalue weighted by atomic mass is 16.5. The summed E-state index contributed by atoms with van der Waals surface area (Å²) in [5, 5.41) is 0. The van der Waals surface area contributed by atoms with Gasteiger partial charge in [-0.3, -0.25) is 0 Å². The van der Waals surface area contributed by atoms with Gasteiger partial charge in [-0.05, 0) is 44.9 Å². The Morgan fingerprint density at radius 3 is 2.57 bits per heavy atom. The topological polar surface area (TPSA) is 35.2 Å². The van der Waals surface area contributed by atoms with Crippen LogP contribution in [0, 0.1) is 0 Å². The third-order valence-corrected chi connectivity index (χ3v) is 1.83. The number of hydrogen-bond acceptors (Lipinski definition) is 2. The van der Waals surface area contributed by atoms with Crippen molar-refractivity contribution in [2.45, 2.75) is 39.3 Å². The number of ether oxygens (including phenoxy) is 1. The zero-order valence-corrected chi connectivity index (χ0v) is 9.16.